The number of amides is 2. The van der Waals surface area contributed by atoms with Crippen LogP contribution in [0.2, 0.25) is 0 Å². The molecule has 0 saturated carbocycles. The smallest absolute Gasteiger partial charge is 0.255 e. The van der Waals surface area contributed by atoms with Crippen molar-refractivity contribution in [3.8, 4) is 5.75 Å². The minimum Gasteiger partial charge on any atom is -0.494 e. The topological polar surface area (TPSA) is 67.4 Å². The van der Waals surface area contributed by atoms with E-state index in [1.165, 1.54) is 0 Å². The molecule has 0 bridgehead atoms. The SMILES string of the molecule is CCOc1ccc(NC(=O)c2ccc(NC(=O)CC(C)(C)C)cc2)cc1. The Hall–Kier alpha value is -2.82. The summed E-state index contributed by atoms with van der Waals surface area (Å²) in [6.45, 7) is 8.57. The van der Waals surface area contributed by atoms with E-state index < -0.39 is 0 Å². The van der Waals surface area contributed by atoms with Gasteiger partial charge in [-0.05, 0) is 60.9 Å². The lowest BCUT2D eigenvalue weighted by molar-refractivity contribution is -0.117. The Balaban J connectivity index is 1.94. The highest BCUT2D eigenvalue weighted by molar-refractivity contribution is 6.04. The Morgan fingerprint density at radius 2 is 1.42 bits per heavy atom. The zero-order valence-electron chi connectivity index (χ0n) is 15.8. The second-order valence-electron chi connectivity index (χ2n) is 7.27. The van der Waals surface area contributed by atoms with Crippen LogP contribution in [-0.2, 0) is 4.79 Å². The van der Waals surface area contributed by atoms with Crippen LogP contribution in [0.3, 0.4) is 0 Å². The summed E-state index contributed by atoms with van der Waals surface area (Å²) in [5.74, 6) is 0.520. The molecular formula is C21H26N2O3. The molecule has 138 valence electrons. The van der Waals surface area contributed by atoms with Crippen molar-refractivity contribution in [3.63, 3.8) is 0 Å². The monoisotopic (exact) mass is 354 g/mol. The van der Waals surface area contributed by atoms with Crippen LogP contribution < -0.4 is 15.4 Å². The maximum atomic E-state index is 12.3. The lowest BCUT2D eigenvalue weighted by atomic mass is 9.92. The van der Waals surface area contributed by atoms with Crippen LogP contribution in [0.25, 0.3) is 0 Å². The molecule has 0 spiro atoms. The van der Waals surface area contributed by atoms with Crippen molar-refractivity contribution in [3.05, 3.63) is 54.1 Å². The van der Waals surface area contributed by atoms with Gasteiger partial charge >= 0.3 is 0 Å². The van der Waals surface area contributed by atoms with Crippen LogP contribution in [0.15, 0.2) is 48.5 Å². The maximum Gasteiger partial charge on any atom is 0.255 e. The van der Waals surface area contributed by atoms with Gasteiger partial charge in [-0.15, -0.1) is 0 Å². The molecule has 2 N–H and O–H groups in total. The fourth-order valence-corrected chi connectivity index (χ4v) is 2.40. The molecular weight excluding hydrogens is 328 g/mol. The van der Waals surface area contributed by atoms with E-state index in [-0.39, 0.29) is 17.2 Å². The summed E-state index contributed by atoms with van der Waals surface area (Å²) < 4.78 is 5.38. The molecule has 5 nitrogen and oxygen atoms in total. The summed E-state index contributed by atoms with van der Waals surface area (Å²) in [6.07, 6.45) is 0.437. The summed E-state index contributed by atoms with van der Waals surface area (Å²) in [4.78, 5) is 24.3. The Morgan fingerprint density at radius 1 is 0.885 bits per heavy atom. The lowest BCUT2D eigenvalue weighted by Crippen LogP contribution is -2.19. The second kappa shape index (κ2) is 8.52. The predicted molar refractivity (Wildman–Crippen MR) is 105 cm³/mol. The fourth-order valence-electron chi connectivity index (χ4n) is 2.40. The van der Waals surface area contributed by atoms with Gasteiger partial charge in [0.1, 0.15) is 5.75 Å². The number of nitrogens with one attached hydrogen (secondary N) is 2. The maximum absolute atomic E-state index is 12.3. The van der Waals surface area contributed by atoms with Crippen LogP contribution in [0.1, 0.15) is 44.5 Å². The molecule has 0 atom stereocenters. The highest BCUT2D eigenvalue weighted by Crippen LogP contribution is 2.20. The van der Waals surface area contributed by atoms with Gasteiger partial charge in [0.2, 0.25) is 5.91 Å². The van der Waals surface area contributed by atoms with E-state index in [4.69, 9.17) is 4.74 Å². The molecule has 2 rings (SSSR count). The van der Waals surface area contributed by atoms with Crippen molar-refractivity contribution in [1.29, 1.82) is 0 Å². The van der Waals surface area contributed by atoms with Gasteiger partial charge in [0.25, 0.3) is 5.91 Å². The third-order valence-corrected chi connectivity index (χ3v) is 3.54. The third-order valence-electron chi connectivity index (χ3n) is 3.54. The summed E-state index contributed by atoms with van der Waals surface area (Å²) in [5, 5.41) is 5.68. The van der Waals surface area contributed by atoms with Gasteiger partial charge in [-0.3, -0.25) is 9.59 Å². The first kappa shape index (κ1) is 19.5. The van der Waals surface area contributed by atoms with Crippen LogP contribution >= 0.6 is 0 Å². The summed E-state index contributed by atoms with van der Waals surface area (Å²) >= 11 is 0. The highest BCUT2D eigenvalue weighted by Gasteiger charge is 2.16. The van der Waals surface area contributed by atoms with Crippen molar-refractivity contribution in [2.24, 2.45) is 5.41 Å². The van der Waals surface area contributed by atoms with Crippen LogP contribution in [0, 0.1) is 5.41 Å². The first-order chi connectivity index (χ1) is 12.3. The molecule has 2 aromatic rings. The van der Waals surface area contributed by atoms with Crippen LogP contribution in [-0.4, -0.2) is 18.4 Å². The number of ether oxygens (including phenoxy) is 1. The zero-order valence-corrected chi connectivity index (χ0v) is 15.8. The Morgan fingerprint density at radius 3 is 1.96 bits per heavy atom. The predicted octanol–water partition coefficient (Wildman–Crippen LogP) is 4.71. The minimum absolute atomic E-state index is 0.0379. The number of anilines is 2. The zero-order chi connectivity index (χ0) is 19.2. The van der Waals surface area contributed by atoms with Crippen molar-refractivity contribution >= 4 is 23.2 Å². The van der Waals surface area contributed by atoms with Crippen molar-refractivity contribution in [2.45, 2.75) is 34.1 Å². The Bertz CT molecular complexity index is 744. The molecule has 0 aliphatic carbocycles. The molecule has 0 aromatic heterocycles. The molecule has 0 radical (unpaired) electrons. The summed E-state index contributed by atoms with van der Waals surface area (Å²) in [6, 6.07) is 14.1. The first-order valence-electron chi connectivity index (χ1n) is 8.71. The number of carbonyl (C=O) groups excluding carboxylic acids is 2. The van der Waals surface area contributed by atoms with E-state index in [0.717, 1.165) is 5.75 Å². The quantitative estimate of drug-likeness (QED) is 0.789. The van der Waals surface area contributed by atoms with E-state index in [1.54, 1.807) is 36.4 Å². The van der Waals surface area contributed by atoms with Crippen LogP contribution in [0.5, 0.6) is 5.75 Å². The largest absolute Gasteiger partial charge is 0.494 e. The fraction of sp³-hybridized carbons (Fsp3) is 0.333. The number of hydrogen-bond acceptors (Lipinski definition) is 3. The lowest BCUT2D eigenvalue weighted by Gasteiger charge is -2.17. The molecule has 0 aliphatic heterocycles. The van der Waals surface area contributed by atoms with E-state index in [0.29, 0.717) is 30.0 Å². The second-order valence-corrected chi connectivity index (χ2v) is 7.27. The van der Waals surface area contributed by atoms with Gasteiger partial charge in [0, 0.05) is 23.4 Å². The van der Waals surface area contributed by atoms with E-state index >= 15 is 0 Å². The van der Waals surface area contributed by atoms with Crippen molar-refractivity contribution < 1.29 is 14.3 Å². The van der Waals surface area contributed by atoms with Gasteiger partial charge < -0.3 is 15.4 Å². The van der Waals surface area contributed by atoms with Gasteiger partial charge in [0.05, 0.1) is 6.61 Å². The molecule has 0 saturated heterocycles. The molecule has 0 unspecified atom stereocenters. The summed E-state index contributed by atoms with van der Waals surface area (Å²) in [7, 11) is 0. The number of rotatable bonds is 6. The van der Waals surface area contributed by atoms with Crippen LogP contribution in [0.4, 0.5) is 11.4 Å². The number of benzene rings is 2. The molecule has 0 aliphatic rings. The van der Waals surface area contributed by atoms with E-state index in [9.17, 15) is 9.59 Å². The molecule has 5 heteroatoms. The molecule has 26 heavy (non-hydrogen) atoms. The molecule has 2 amide bonds. The normalized spacial score (nSPS) is 10.9. The van der Waals surface area contributed by atoms with Gasteiger partial charge in [-0.25, -0.2) is 0 Å². The molecule has 2 aromatic carbocycles. The van der Waals surface area contributed by atoms with Crippen molar-refractivity contribution in [1.82, 2.24) is 0 Å². The number of hydrogen-bond donors (Lipinski definition) is 2. The minimum atomic E-state index is -0.207. The Labute approximate surface area is 154 Å². The van der Waals surface area contributed by atoms with Gasteiger partial charge in [0.15, 0.2) is 0 Å². The molecule has 0 fully saturated rings. The Kier molecular flexibility index (Phi) is 6.39. The van der Waals surface area contributed by atoms with Crippen molar-refractivity contribution in [2.75, 3.05) is 17.2 Å². The standard InChI is InChI=1S/C21H26N2O3/c1-5-26-18-12-10-17(11-13-18)23-20(25)15-6-8-16(9-7-15)22-19(24)14-21(2,3)4/h6-13H,5,14H2,1-4H3,(H,22,24)(H,23,25). The van der Waals surface area contributed by atoms with E-state index in [2.05, 4.69) is 10.6 Å². The molecule has 0 heterocycles. The third kappa shape index (κ3) is 6.24. The number of carbonyl (C=O) groups is 2. The van der Waals surface area contributed by atoms with Gasteiger partial charge in [-0.2, -0.15) is 0 Å². The average Bonchev–Trinajstić information content (AvgIpc) is 2.55. The summed E-state index contributed by atoms with van der Waals surface area (Å²) in [5.41, 5.74) is 1.83. The van der Waals surface area contributed by atoms with E-state index in [1.807, 2.05) is 39.8 Å². The highest BCUT2D eigenvalue weighted by atomic mass is 16.5. The first-order valence-corrected chi connectivity index (χ1v) is 8.71. The van der Waals surface area contributed by atoms with Gasteiger partial charge in [-0.1, -0.05) is 20.8 Å². The average molecular weight is 354 g/mol.